The van der Waals surface area contributed by atoms with E-state index in [9.17, 15) is 14.0 Å². The molecule has 32 heavy (non-hydrogen) atoms. The van der Waals surface area contributed by atoms with Gasteiger partial charge in [-0.15, -0.1) is 0 Å². The average Bonchev–Trinajstić information content (AvgIpc) is 3.04. The molecule has 0 saturated heterocycles. The van der Waals surface area contributed by atoms with Crippen LogP contribution in [-0.4, -0.2) is 10.8 Å². The first kappa shape index (κ1) is 20.9. The number of hydrogen-bond acceptors (Lipinski definition) is 3. The Morgan fingerprint density at radius 2 is 1.75 bits per heavy atom. The van der Waals surface area contributed by atoms with Crippen LogP contribution < -0.4 is 5.43 Å². The maximum atomic E-state index is 13.6. The first-order valence-corrected chi connectivity index (χ1v) is 11.1. The van der Waals surface area contributed by atoms with Crippen molar-refractivity contribution in [3.05, 3.63) is 114 Å². The predicted molar refractivity (Wildman–Crippen MR) is 124 cm³/mol. The smallest absolute Gasteiger partial charge is 0.291 e. The van der Waals surface area contributed by atoms with Crippen LogP contribution in [0.1, 0.15) is 38.9 Å². The van der Waals surface area contributed by atoms with E-state index in [0.717, 1.165) is 21.2 Å². The zero-order valence-corrected chi connectivity index (χ0v) is 19.2. The first-order valence-electron chi connectivity index (χ1n) is 9.91. The minimum Gasteiger partial charge on any atom is -0.450 e. The van der Waals surface area contributed by atoms with E-state index in [1.807, 2.05) is 31.2 Å². The van der Waals surface area contributed by atoms with Crippen LogP contribution >= 0.6 is 27.5 Å². The third-order valence-corrected chi connectivity index (χ3v) is 6.63. The van der Waals surface area contributed by atoms with Crippen LogP contribution in [-0.2, 0) is 6.54 Å². The highest BCUT2D eigenvalue weighted by molar-refractivity contribution is 9.10. The Morgan fingerprint density at radius 1 is 1.06 bits per heavy atom. The third kappa shape index (κ3) is 3.44. The summed E-state index contributed by atoms with van der Waals surface area (Å²) in [5.74, 6) is -0.715. The second-order valence-corrected chi connectivity index (χ2v) is 9.11. The topological polar surface area (TPSA) is 50.5 Å². The maximum Gasteiger partial charge on any atom is 0.291 e. The van der Waals surface area contributed by atoms with E-state index < -0.39 is 6.04 Å². The molecule has 3 aromatic carbocycles. The lowest BCUT2D eigenvalue weighted by Crippen LogP contribution is -2.29. The summed E-state index contributed by atoms with van der Waals surface area (Å²) in [6, 6.07) is 16.0. The molecule has 2 heterocycles. The summed E-state index contributed by atoms with van der Waals surface area (Å²) in [5.41, 5.74) is 2.58. The molecule has 0 radical (unpaired) electrons. The summed E-state index contributed by atoms with van der Waals surface area (Å²) in [6.45, 7) is 2.00. The van der Waals surface area contributed by atoms with Gasteiger partial charge in [-0.05, 0) is 60.0 Å². The molecule has 1 aliphatic rings. The highest BCUT2D eigenvalue weighted by atomic mass is 79.9. The van der Waals surface area contributed by atoms with Gasteiger partial charge in [0, 0.05) is 16.0 Å². The van der Waals surface area contributed by atoms with E-state index in [1.165, 1.54) is 12.1 Å². The number of amides is 1. The Morgan fingerprint density at radius 3 is 2.44 bits per heavy atom. The molecule has 160 valence electrons. The minimum absolute atomic E-state index is 0.0271. The number of nitrogens with zero attached hydrogens (tertiary/aromatic N) is 1. The highest BCUT2D eigenvalue weighted by Gasteiger charge is 2.42. The summed E-state index contributed by atoms with van der Waals surface area (Å²) in [4.78, 5) is 28.6. The number of carbonyl (C=O) groups excluding carboxylic acids is 1. The molecule has 4 aromatic rings. The molecule has 7 heteroatoms. The highest BCUT2D eigenvalue weighted by Crippen LogP contribution is 2.40. The van der Waals surface area contributed by atoms with Crippen LogP contribution in [0.15, 0.2) is 74.3 Å². The van der Waals surface area contributed by atoms with Gasteiger partial charge in [0.25, 0.3) is 5.91 Å². The van der Waals surface area contributed by atoms with Crippen LogP contribution in [0.25, 0.3) is 11.0 Å². The molecule has 0 fully saturated rings. The van der Waals surface area contributed by atoms with Gasteiger partial charge in [-0.2, -0.15) is 0 Å². The van der Waals surface area contributed by atoms with Gasteiger partial charge in [-0.3, -0.25) is 9.59 Å². The van der Waals surface area contributed by atoms with Gasteiger partial charge in [0.15, 0.2) is 5.43 Å². The number of fused-ring (bicyclic) bond motifs is 2. The third-order valence-electron chi connectivity index (χ3n) is 5.70. The van der Waals surface area contributed by atoms with E-state index in [2.05, 4.69) is 15.9 Å². The van der Waals surface area contributed by atoms with Gasteiger partial charge in [-0.1, -0.05) is 51.8 Å². The normalized spacial score (nSPS) is 15.4. The van der Waals surface area contributed by atoms with Crippen molar-refractivity contribution in [3.63, 3.8) is 0 Å². The van der Waals surface area contributed by atoms with E-state index in [0.29, 0.717) is 16.0 Å². The van der Waals surface area contributed by atoms with Gasteiger partial charge in [0.1, 0.15) is 11.4 Å². The summed E-state index contributed by atoms with van der Waals surface area (Å²) < 4.78 is 20.3. The van der Waals surface area contributed by atoms with E-state index in [4.69, 9.17) is 16.0 Å². The van der Waals surface area contributed by atoms with Gasteiger partial charge in [0.2, 0.25) is 5.76 Å². The second kappa shape index (κ2) is 7.87. The molecule has 0 aliphatic carbocycles. The molecule has 4 nitrogen and oxygen atoms in total. The van der Waals surface area contributed by atoms with E-state index in [-0.39, 0.29) is 35.0 Å². The molecule has 0 saturated carbocycles. The molecule has 1 atom stereocenters. The number of rotatable bonds is 3. The minimum atomic E-state index is -0.642. The van der Waals surface area contributed by atoms with Crippen molar-refractivity contribution in [1.29, 1.82) is 0 Å². The molecule has 1 amide bonds. The molecular formula is C25H16BrClFNO3. The Kier molecular flexibility index (Phi) is 5.14. The molecule has 5 rings (SSSR count). The monoisotopic (exact) mass is 511 g/mol. The zero-order valence-electron chi connectivity index (χ0n) is 16.9. The van der Waals surface area contributed by atoms with Crippen LogP contribution in [0.4, 0.5) is 4.39 Å². The van der Waals surface area contributed by atoms with Crippen molar-refractivity contribution in [2.45, 2.75) is 19.5 Å². The van der Waals surface area contributed by atoms with Crippen LogP contribution in [0.2, 0.25) is 5.02 Å². The Hall–Kier alpha value is -2.96. The fraction of sp³-hybridized carbons (Fsp3) is 0.120. The summed E-state index contributed by atoms with van der Waals surface area (Å²) in [6.07, 6.45) is 0. The summed E-state index contributed by atoms with van der Waals surface area (Å²) in [7, 11) is 0. The van der Waals surface area contributed by atoms with Crippen LogP contribution in [0.5, 0.6) is 0 Å². The van der Waals surface area contributed by atoms with Crippen molar-refractivity contribution in [1.82, 2.24) is 4.90 Å². The number of benzene rings is 3. The SMILES string of the molecule is Cc1cc2oc3c(c(=O)c2cc1Cl)C(c1ccc(Br)cc1)N(Cc1ccc(F)cc1)C3=O. The summed E-state index contributed by atoms with van der Waals surface area (Å²) >= 11 is 9.69. The predicted octanol–water partition coefficient (Wildman–Crippen LogP) is 6.40. The fourth-order valence-electron chi connectivity index (χ4n) is 4.08. The first-order chi connectivity index (χ1) is 15.3. The Bertz CT molecular complexity index is 1430. The lowest BCUT2D eigenvalue weighted by Gasteiger charge is -2.25. The van der Waals surface area contributed by atoms with Crippen molar-refractivity contribution < 1.29 is 13.6 Å². The van der Waals surface area contributed by atoms with Crippen molar-refractivity contribution in [2.75, 3.05) is 0 Å². The number of hydrogen-bond donors (Lipinski definition) is 0. The van der Waals surface area contributed by atoms with Crippen LogP contribution in [0.3, 0.4) is 0 Å². The van der Waals surface area contributed by atoms with Gasteiger partial charge < -0.3 is 9.32 Å². The second-order valence-electron chi connectivity index (χ2n) is 7.79. The fourth-order valence-corrected chi connectivity index (χ4v) is 4.51. The molecular weight excluding hydrogens is 497 g/mol. The number of aryl methyl sites for hydroxylation is 1. The average molecular weight is 513 g/mol. The number of carbonyl (C=O) groups is 1. The van der Waals surface area contributed by atoms with Crippen molar-refractivity contribution in [2.24, 2.45) is 0 Å². The van der Waals surface area contributed by atoms with E-state index in [1.54, 1.807) is 29.2 Å². The Balaban J connectivity index is 1.73. The van der Waals surface area contributed by atoms with E-state index >= 15 is 0 Å². The zero-order chi connectivity index (χ0) is 22.6. The van der Waals surface area contributed by atoms with Gasteiger partial charge in [0.05, 0.1) is 17.0 Å². The molecule has 1 aromatic heterocycles. The maximum absolute atomic E-state index is 13.6. The largest absolute Gasteiger partial charge is 0.450 e. The number of halogens is 3. The molecule has 0 N–H and O–H groups in total. The lowest BCUT2D eigenvalue weighted by molar-refractivity contribution is 0.0714. The lowest BCUT2D eigenvalue weighted by atomic mass is 9.98. The standard InChI is InChI=1S/C25H16BrClFNO3/c1-13-10-20-18(11-19(13)27)23(30)21-22(15-4-6-16(26)7-5-15)29(25(31)24(21)32-20)12-14-2-8-17(28)9-3-14/h2-11,22H,12H2,1H3. The van der Waals surface area contributed by atoms with Gasteiger partial charge in [-0.25, -0.2) is 4.39 Å². The van der Waals surface area contributed by atoms with Crippen molar-refractivity contribution in [3.8, 4) is 0 Å². The molecule has 0 bridgehead atoms. The molecule has 1 unspecified atom stereocenters. The molecule has 0 spiro atoms. The van der Waals surface area contributed by atoms with Gasteiger partial charge >= 0.3 is 0 Å². The Labute approximate surface area is 196 Å². The van der Waals surface area contributed by atoms with Crippen molar-refractivity contribution >= 4 is 44.4 Å². The van der Waals surface area contributed by atoms with Crippen LogP contribution in [0, 0.1) is 12.7 Å². The molecule has 1 aliphatic heterocycles. The summed E-state index contributed by atoms with van der Waals surface area (Å²) in [5, 5.41) is 0.787. The quantitative estimate of drug-likeness (QED) is 0.319.